The van der Waals surface area contributed by atoms with Gasteiger partial charge in [-0.15, -0.1) is 11.8 Å². The van der Waals surface area contributed by atoms with E-state index in [1.54, 1.807) is 18.4 Å². The fourth-order valence-corrected chi connectivity index (χ4v) is 3.34. The molecule has 1 heterocycles. The zero-order valence-corrected chi connectivity index (χ0v) is 16.8. The number of nitrogens with one attached hydrogen (secondary N) is 1. The first-order valence-corrected chi connectivity index (χ1v) is 10.1. The Labute approximate surface area is 168 Å². The Morgan fingerprint density at radius 1 is 1.19 bits per heavy atom. The van der Waals surface area contributed by atoms with Gasteiger partial charge in [-0.25, -0.2) is 4.98 Å². The molecule has 1 N–H and O–H groups in total. The molecule has 4 nitrogen and oxygen atoms in total. The number of hydrogen-bond donors (Lipinski definition) is 1. The first kappa shape index (κ1) is 19.5. The minimum atomic E-state index is -0.175. The van der Waals surface area contributed by atoms with E-state index in [-0.39, 0.29) is 11.2 Å². The molecule has 6 heteroatoms. The van der Waals surface area contributed by atoms with Crippen LogP contribution in [0, 0.1) is 6.92 Å². The van der Waals surface area contributed by atoms with Gasteiger partial charge >= 0.3 is 0 Å². The third-order valence-electron chi connectivity index (χ3n) is 4.08. The van der Waals surface area contributed by atoms with E-state index in [1.807, 2.05) is 50.2 Å². The minimum absolute atomic E-state index is 0.0157. The van der Waals surface area contributed by atoms with Gasteiger partial charge < -0.3 is 9.73 Å². The first-order chi connectivity index (χ1) is 13.0. The van der Waals surface area contributed by atoms with Crippen molar-refractivity contribution in [3.05, 3.63) is 76.6 Å². The lowest BCUT2D eigenvalue weighted by Gasteiger charge is -2.11. The summed E-state index contributed by atoms with van der Waals surface area (Å²) in [5, 5.41) is 3.47. The van der Waals surface area contributed by atoms with Gasteiger partial charge in [0.2, 0.25) is 11.8 Å². The number of aryl methyl sites for hydroxylation is 1. The molecule has 0 aliphatic rings. The molecule has 140 valence electrons. The summed E-state index contributed by atoms with van der Waals surface area (Å²) in [5.74, 6) is 1.18. The second-order valence-electron chi connectivity index (χ2n) is 6.31. The summed E-state index contributed by atoms with van der Waals surface area (Å²) < 4.78 is 5.53. The molecular formula is C21H21ClN2O2S. The number of nitrogens with zero attached hydrogens (tertiary/aromatic N) is 1. The monoisotopic (exact) mass is 400 g/mol. The lowest BCUT2D eigenvalue weighted by atomic mass is 10.1. The predicted molar refractivity (Wildman–Crippen MR) is 111 cm³/mol. The fraction of sp³-hybridized carbons (Fsp3) is 0.238. The molecule has 3 rings (SSSR count). The molecule has 0 saturated carbocycles. The SMILES string of the molecule is Cc1ccc(CNC(=O)[C@@H](C)SCc2coc(-c3ccc(Cl)cc3)n2)cc1. The molecule has 0 fully saturated rings. The molecule has 0 aliphatic heterocycles. The third-order valence-corrected chi connectivity index (χ3v) is 5.51. The number of oxazole rings is 1. The highest BCUT2D eigenvalue weighted by Gasteiger charge is 2.15. The van der Waals surface area contributed by atoms with Gasteiger partial charge in [0, 0.05) is 22.9 Å². The lowest BCUT2D eigenvalue weighted by Crippen LogP contribution is -2.30. The maximum atomic E-state index is 12.3. The molecule has 1 atom stereocenters. The molecule has 0 radical (unpaired) electrons. The zero-order chi connectivity index (χ0) is 19.2. The zero-order valence-electron chi connectivity index (χ0n) is 15.2. The highest BCUT2D eigenvalue weighted by molar-refractivity contribution is 7.99. The van der Waals surface area contributed by atoms with Crippen molar-refractivity contribution in [2.45, 2.75) is 31.4 Å². The van der Waals surface area contributed by atoms with E-state index >= 15 is 0 Å². The predicted octanol–water partition coefficient (Wildman–Crippen LogP) is 5.24. The normalized spacial score (nSPS) is 12.0. The molecule has 27 heavy (non-hydrogen) atoms. The number of amides is 1. The summed E-state index contributed by atoms with van der Waals surface area (Å²) in [7, 11) is 0. The van der Waals surface area contributed by atoms with Gasteiger partial charge in [-0.1, -0.05) is 41.4 Å². The third kappa shape index (κ3) is 5.62. The maximum Gasteiger partial charge on any atom is 0.233 e. The van der Waals surface area contributed by atoms with Crippen LogP contribution >= 0.6 is 23.4 Å². The van der Waals surface area contributed by atoms with Crippen LogP contribution in [0.3, 0.4) is 0 Å². The van der Waals surface area contributed by atoms with Crippen molar-refractivity contribution in [1.29, 1.82) is 0 Å². The molecule has 2 aromatic carbocycles. The topological polar surface area (TPSA) is 55.1 Å². The quantitative estimate of drug-likeness (QED) is 0.589. The van der Waals surface area contributed by atoms with E-state index in [0.29, 0.717) is 23.2 Å². The molecule has 3 aromatic rings. The van der Waals surface area contributed by atoms with Crippen LogP contribution in [0.15, 0.2) is 59.2 Å². The van der Waals surface area contributed by atoms with E-state index < -0.39 is 0 Å². The van der Waals surface area contributed by atoms with Gasteiger partial charge in [0.05, 0.1) is 10.9 Å². The summed E-state index contributed by atoms with van der Waals surface area (Å²) in [6.07, 6.45) is 1.63. The van der Waals surface area contributed by atoms with E-state index in [0.717, 1.165) is 16.8 Å². The van der Waals surface area contributed by atoms with Crippen LogP contribution in [0.25, 0.3) is 11.5 Å². The molecule has 0 unspecified atom stereocenters. The van der Waals surface area contributed by atoms with Crippen molar-refractivity contribution in [3.8, 4) is 11.5 Å². The van der Waals surface area contributed by atoms with Crippen LogP contribution in [0.1, 0.15) is 23.7 Å². The number of benzene rings is 2. The van der Waals surface area contributed by atoms with Crippen molar-refractivity contribution >= 4 is 29.3 Å². The summed E-state index contributed by atoms with van der Waals surface area (Å²) in [4.78, 5) is 16.8. The van der Waals surface area contributed by atoms with Crippen molar-refractivity contribution in [2.75, 3.05) is 0 Å². The summed E-state index contributed by atoms with van der Waals surface area (Å²) >= 11 is 7.43. The molecule has 0 aliphatic carbocycles. The molecule has 0 bridgehead atoms. The van der Waals surface area contributed by atoms with Crippen LogP contribution < -0.4 is 5.32 Å². The van der Waals surface area contributed by atoms with Gasteiger partial charge in [-0.2, -0.15) is 0 Å². The van der Waals surface area contributed by atoms with Crippen molar-refractivity contribution in [3.63, 3.8) is 0 Å². The number of carbonyl (C=O) groups is 1. The standard InChI is InChI=1S/C21H21ClN2O2S/c1-14-3-5-16(6-4-14)11-23-20(25)15(2)27-13-19-12-26-21(24-19)17-7-9-18(22)10-8-17/h3-10,12,15H,11,13H2,1-2H3,(H,23,25)/t15-/m1/s1. The fourth-order valence-electron chi connectivity index (χ4n) is 2.42. The van der Waals surface area contributed by atoms with Crippen molar-refractivity contribution < 1.29 is 9.21 Å². The summed E-state index contributed by atoms with van der Waals surface area (Å²) in [6, 6.07) is 15.5. The number of carbonyl (C=O) groups excluding carboxylic acids is 1. The van der Waals surface area contributed by atoms with Crippen molar-refractivity contribution in [2.24, 2.45) is 0 Å². The molecule has 1 aromatic heterocycles. The number of rotatable bonds is 7. The van der Waals surface area contributed by atoms with Crippen LogP contribution in [0.4, 0.5) is 0 Å². The summed E-state index contributed by atoms with van der Waals surface area (Å²) in [5.41, 5.74) is 3.98. The van der Waals surface area contributed by atoms with Crippen molar-refractivity contribution in [1.82, 2.24) is 10.3 Å². The second kappa shape index (κ2) is 9.11. The van der Waals surface area contributed by atoms with E-state index in [4.69, 9.17) is 16.0 Å². The number of hydrogen-bond acceptors (Lipinski definition) is 4. The highest BCUT2D eigenvalue weighted by atomic mass is 35.5. The van der Waals surface area contributed by atoms with E-state index in [9.17, 15) is 4.79 Å². The van der Waals surface area contributed by atoms with Gasteiger partial charge in [0.15, 0.2) is 0 Å². The average molecular weight is 401 g/mol. The number of aromatic nitrogens is 1. The Morgan fingerprint density at radius 2 is 1.89 bits per heavy atom. The highest BCUT2D eigenvalue weighted by Crippen LogP contribution is 2.23. The Hall–Kier alpha value is -2.24. The van der Waals surface area contributed by atoms with Crippen LogP contribution in [0.5, 0.6) is 0 Å². The van der Waals surface area contributed by atoms with Gasteiger partial charge in [-0.3, -0.25) is 4.79 Å². The Balaban J connectivity index is 1.48. The molecular weight excluding hydrogens is 380 g/mol. The average Bonchev–Trinajstić information content (AvgIpc) is 3.15. The largest absolute Gasteiger partial charge is 0.444 e. The second-order valence-corrected chi connectivity index (χ2v) is 8.07. The van der Waals surface area contributed by atoms with Crippen LogP contribution in [0.2, 0.25) is 5.02 Å². The Bertz CT molecular complexity index is 891. The summed E-state index contributed by atoms with van der Waals surface area (Å²) in [6.45, 7) is 4.48. The van der Waals surface area contributed by atoms with Crippen LogP contribution in [-0.4, -0.2) is 16.1 Å². The maximum absolute atomic E-state index is 12.3. The Morgan fingerprint density at radius 3 is 2.59 bits per heavy atom. The molecule has 1 amide bonds. The number of halogens is 1. The van der Waals surface area contributed by atoms with Crippen LogP contribution in [-0.2, 0) is 17.1 Å². The van der Waals surface area contributed by atoms with Gasteiger partial charge in [0.25, 0.3) is 0 Å². The van der Waals surface area contributed by atoms with E-state index in [1.165, 1.54) is 17.3 Å². The number of thioether (sulfide) groups is 1. The molecule has 0 saturated heterocycles. The lowest BCUT2D eigenvalue weighted by molar-refractivity contribution is -0.120. The van der Waals surface area contributed by atoms with Gasteiger partial charge in [0.1, 0.15) is 6.26 Å². The minimum Gasteiger partial charge on any atom is -0.444 e. The smallest absolute Gasteiger partial charge is 0.233 e. The molecule has 0 spiro atoms. The first-order valence-electron chi connectivity index (χ1n) is 8.66. The van der Waals surface area contributed by atoms with E-state index in [2.05, 4.69) is 10.3 Å². The van der Waals surface area contributed by atoms with Gasteiger partial charge in [-0.05, 0) is 43.7 Å². The Kier molecular flexibility index (Phi) is 6.58.